The van der Waals surface area contributed by atoms with Crippen molar-refractivity contribution in [2.24, 2.45) is 5.41 Å². The first kappa shape index (κ1) is 24.2. The summed E-state index contributed by atoms with van der Waals surface area (Å²) >= 11 is 6.36. The second-order valence-corrected chi connectivity index (χ2v) is 7.27. The van der Waals surface area contributed by atoms with E-state index in [1.807, 2.05) is 18.2 Å². The summed E-state index contributed by atoms with van der Waals surface area (Å²) in [5, 5.41) is 25.3. The van der Waals surface area contributed by atoms with Gasteiger partial charge in [-0.25, -0.2) is 0 Å². The smallest absolute Gasteiger partial charge is 0.119 e. The van der Waals surface area contributed by atoms with Crippen molar-refractivity contribution in [3.8, 4) is 5.75 Å². The van der Waals surface area contributed by atoms with Gasteiger partial charge in [0.1, 0.15) is 5.75 Å². The summed E-state index contributed by atoms with van der Waals surface area (Å²) in [6.45, 7) is 1.97. The summed E-state index contributed by atoms with van der Waals surface area (Å²) in [5.74, 6) is 0.704. The number of aliphatic hydroxyl groups excluding tert-OH is 2. The van der Waals surface area contributed by atoms with Gasteiger partial charge in [-0.05, 0) is 62.4 Å². The van der Waals surface area contributed by atoms with E-state index in [-0.39, 0.29) is 36.8 Å². The van der Waals surface area contributed by atoms with Crippen molar-refractivity contribution in [3.05, 3.63) is 35.0 Å². The molecule has 1 saturated heterocycles. The number of hydrogen-bond donors (Lipinski definition) is 3. The Morgan fingerprint density at radius 2 is 2.00 bits per heavy atom. The van der Waals surface area contributed by atoms with E-state index in [0.29, 0.717) is 22.8 Å². The molecule has 0 amide bonds. The molecule has 1 aliphatic heterocycles. The third-order valence-electron chi connectivity index (χ3n) is 5.35. The molecular weight excluding hydrogens is 411 g/mol. The molecule has 27 heavy (non-hydrogen) atoms. The lowest BCUT2D eigenvalue weighted by Gasteiger charge is -2.36. The number of nitrogens with one attached hydrogen (secondary N) is 1. The van der Waals surface area contributed by atoms with E-state index in [1.165, 1.54) is 0 Å². The van der Waals surface area contributed by atoms with Crippen molar-refractivity contribution in [1.29, 1.82) is 0 Å². The van der Waals surface area contributed by atoms with Crippen LogP contribution in [0.4, 0.5) is 0 Å². The van der Waals surface area contributed by atoms with Gasteiger partial charge in [0.05, 0.1) is 23.8 Å². The fourth-order valence-electron chi connectivity index (χ4n) is 3.67. The number of halogens is 3. The summed E-state index contributed by atoms with van der Waals surface area (Å²) in [7, 11) is 1.61. The predicted octanol–water partition coefficient (Wildman–Crippen LogP) is 3.92. The van der Waals surface area contributed by atoms with Gasteiger partial charge in [-0.2, -0.15) is 0 Å². The molecule has 152 valence electrons. The Kier molecular flexibility index (Phi) is 9.55. The third kappa shape index (κ3) is 5.37. The molecule has 1 aromatic carbocycles. The molecule has 0 bridgehead atoms. The molecule has 8 heteroatoms. The lowest BCUT2D eigenvalue weighted by atomic mass is 9.75. The Bertz CT molecular complexity index is 739. The lowest BCUT2D eigenvalue weighted by molar-refractivity contribution is 0.0581. The summed E-state index contributed by atoms with van der Waals surface area (Å²) in [6, 6.07) is 5.57. The van der Waals surface area contributed by atoms with Crippen molar-refractivity contribution in [2.75, 3.05) is 26.8 Å². The number of benzene rings is 1. The molecule has 3 N–H and O–H groups in total. The first-order valence-electron chi connectivity index (χ1n) is 8.70. The molecule has 5 nitrogen and oxygen atoms in total. The average molecular weight is 438 g/mol. The molecule has 0 unspecified atom stereocenters. The predicted molar refractivity (Wildman–Crippen MR) is 114 cm³/mol. The van der Waals surface area contributed by atoms with Crippen LogP contribution in [0.2, 0.25) is 5.02 Å². The summed E-state index contributed by atoms with van der Waals surface area (Å²) in [6.07, 6.45) is 4.04. The number of hydrogen-bond acceptors (Lipinski definition) is 5. The zero-order valence-electron chi connectivity index (χ0n) is 15.3. The van der Waals surface area contributed by atoms with Crippen LogP contribution in [0.5, 0.6) is 5.75 Å². The number of pyridine rings is 1. The highest BCUT2D eigenvalue weighted by Crippen LogP contribution is 2.39. The van der Waals surface area contributed by atoms with E-state index < -0.39 is 6.10 Å². The maximum atomic E-state index is 10.9. The number of rotatable bonds is 6. The summed E-state index contributed by atoms with van der Waals surface area (Å²) in [4.78, 5) is 4.33. The van der Waals surface area contributed by atoms with E-state index in [1.54, 1.807) is 13.3 Å². The van der Waals surface area contributed by atoms with Gasteiger partial charge in [0.2, 0.25) is 0 Å². The molecule has 3 rings (SSSR count). The molecule has 1 aromatic heterocycles. The molecular formula is C19H27Cl3N2O3. The maximum Gasteiger partial charge on any atom is 0.119 e. The molecule has 1 fully saturated rings. The van der Waals surface area contributed by atoms with Gasteiger partial charge < -0.3 is 20.3 Å². The largest absolute Gasteiger partial charge is 0.497 e. The van der Waals surface area contributed by atoms with Crippen LogP contribution in [0, 0.1) is 5.41 Å². The van der Waals surface area contributed by atoms with E-state index in [0.717, 1.165) is 43.3 Å². The molecule has 0 aliphatic carbocycles. The van der Waals surface area contributed by atoms with Crippen LogP contribution >= 0.6 is 36.4 Å². The molecule has 0 saturated carbocycles. The highest BCUT2D eigenvalue weighted by atomic mass is 35.5. The Labute approximate surface area is 177 Å². The number of nitrogens with zero attached hydrogens (tertiary/aromatic N) is 1. The number of piperidine rings is 1. The quantitative estimate of drug-likeness (QED) is 0.639. The van der Waals surface area contributed by atoms with Gasteiger partial charge in [0, 0.05) is 23.8 Å². The standard InChI is InChI=1S/C19H25ClN2O3.2ClH/c1-25-13-2-3-16-14(10-13)18(15(20)11-22-16)17(24)4-5-19(12-23)6-8-21-9-7-19;;/h2-3,10-11,17,21,23-24H,4-9,12H2,1H3;2*1H/t17-;;/m0../s1. The second-order valence-electron chi connectivity index (χ2n) is 6.87. The fourth-order valence-corrected chi connectivity index (χ4v) is 3.94. The average Bonchev–Trinajstić information content (AvgIpc) is 2.66. The molecule has 2 heterocycles. The molecule has 1 aliphatic rings. The van der Waals surface area contributed by atoms with Gasteiger partial charge in [-0.1, -0.05) is 11.6 Å². The Morgan fingerprint density at radius 1 is 1.30 bits per heavy atom. The zero-order chi connectivity index (χ0) is 17.9. The normalized spacial score (nSPS) is 16.9. The lowest BCUT2D eigenvalue weighted by Crippen LogP contribution is -2.39. The van der Waals surface area contributed by atoms with E-state index in [9.17, 15) is 10.2 Å². The SMILES string of the molecule is COc1ccc2ncc(Cl)c([C@@H](O)CCC3(CO)CCNCC3)c2c1.Cl.Cl. The van der Waals surface area contributed by atoms with Crippen molar-refractivity contribution in [1.82, 2.24) is 10.3 Å². The first-order chi connectivity index (χ1) is 12.1. The fraction of sp³-hybridized carbons (Fsp3) is 0.526. The second kappa shape index (κ2) is 10.6. The van der Waals surface area contributed by atoms with Crippen molar-refractivity contribution < 1.29 is 14.9 Å². The van der Waals surface area contributed by atoms with E-state index in [2.05, 4.69) is 10.3 Å². The van der Waals surface area contributed by atoms with E-state index in [4.69, 9.17) is 16.3 Å². The van der Waals surface area contributed by atoms with Crippen LogP contribution in [0.3, 0.4) is 0 Å². The van der Waals surface area contributed by atoms with Crippen LogP contribution in [0.15, 0.2) is 24.4 Å². The number of fused-ring (bicyclic) bond motifs is 1. The van der Waals surface area contributed by atoms with Crippen LogP contribution in [-0.2, 0) is 0 Å². The van der Waals surface area contributed by atoms with Crippen molar-refractivity contribution in [2.45, 2.75) is 31.8 Å². The summed E-state index contributed by atoms with van der Waals surface area (Å²) < 4.78 is 5.29. The first-order valence-corrected chi connectivity index (χ1v) is 9.08. The van der Waals surface area contributed by atoms with Crippen molar-refractivity contribution in [3.63, 3.8) is 0 Å². The topological polar surface area (TPSA) is 74.6 Å². The van der Waals surface area contributed by atoms with Crippen molar-refractivity contribution >= 4 is 47.3 Å². The van der Waals surface area contributed by atoms with E-state index >= 15 is 0 Å². The van der Waals surface area contributed by atoms with Gasteiger partial charge >= 0.3 is 0 Å². The number of aromatic nitrogens is 1. The molecule has 0 radical (unpaired) electrons. The minimum Gasteiger partial charge on any atom is -0.497 e. The minimum absolute atomic E-state index is 0. The van der Waals surface area contributed by atoms with Gasteiger partial charge in [-0.3, -0.25) is 4.98 Å². The molecule has 2 aromatic rings. The number of methoxy groups -OCH3 is 1. The Hall–Kier alpha value is -0.820. The van der Waals surface area contributed by atoms with Crippen LogP contribution in [0.1, 0.15) is 37.4 Å². The third-order valence-corrected chi connectivity index (χ3v) is 5.65. The van der Waals surface area contributed by atoms with Gasteiger partial charge in [0.15, 0.2) is 0 Å². The molecule has 1 atom stereocenters. The monoisotopic (exact) mass is 436 g/mol. The Balaban J connectivity index is 0.00000182. The zero-order valence-corrected chi connectivity index (χ0v) is 17.7. The van der Waals surface area contributed by atoms with Gasteiger partial charge in [-0.15, -0.1) is 24.8 Å². The highest BCUT2D eigenvalue weighted by molar-refractivity contribution is 6.32. The van der Waals surface area contributed by atoms with Crippen LogP contribution in [-0.4, -0.2) is 42.0 Å². The number of aliphatic hydroxyl groups is 2. The minimum atomic E-state index is -0.705. The van der Waals surface area contributed by atoms with Crippen LogP contribution < -0.4 is 10.1 Å². The summed E-state index contributed by atoms with van der Waals surface area (Å²) in [5.41, 5.74) is 1.35. The number of ether oxygens (including phenoxy) is 1. The Morgan fingerprint density at radius 3 is 2.63 bits per heavy atom. The van der Waals surface area contributed by atoms with Crippen LogP contribution in [0.25, 0.3) is 10.9 Å². The highest BCUT2D eigenvalue weighted by Gasteiger charge is 2.32. The maximum absolute atomic E-state index is 10.9. The molecule has 0 spiro atoms. The van der Waals surface area contributed by atoms with Gasteiger partial charge in [0.25, 0.3) is 0 Å².